The molecule has 9 heteroatoms. The lowest BCUT2D eigenvalue weighted by Gasteiger charge is -2.36. The van der Waals surface area contributed by atoms with E-state index in [4.69, 9.17) is 16.3 Å². The molecule has 0 bridgehead atoms. The van der Waals surface area contributed by atoms with Gasteiger partial charge in [-0.05, 0) is 25.9 Å². The predicted octanol–water partition coefficient (Wildman–Crippen LogP) is 0.501. The van der Waals surface area contributed by atoms with E-state index in [2.05, 4.69) is 15.3 Å². The minimum atomic E-state index is -3.30. The van der Waals surface area contributed by atoms with E-state index in [-0.39, 0.29) is 5.56 Å². The van der Waals surface area contributed by atoms with Crippen molar-refractivity contribution in [2.75, 3.05) is 43.9 Å². The number of hydrogen-bond acceptors (Lipinski definition) is 7. The average molecular weight is 361 g/mol. The van der Waals surface area contributed by atoms with E-state index in [0.29, 0.717) is 57.1 Å². The maximum absolute atomic E-state index is 12.5. The first kappa shape index (κ1) is 16.9. The third-order valence-electron chi connectivity index (χ3n) is 4.59. The summed E-state index contributed by atoms with van der Waals surface area (Å²) in [5.74, 6) is 0.700. The minimum absolute atomic E-state index is 0.384. The van der Waals surface area contributed by atoms with Crippen LogP contribution in [0.25, 0.3) is 0 Å². The van der Waals surface area contributed by atoms with Crippen molar-refractivity contribution < 1.29 is 13.2 Å². The van der Waals surface area contributed by atoms with E-state index in [1.807, 2.05) is 4.90 Å². The van der Waals surface area contributed by atoms with E-state index >= 15 is 0 Å². The second-order valence-electron chi connectivity index (χ2n) is 6.00. The van der Waals surface area contributed by atoms with Crippen LogP contribution in [0, 0.1) is 0 Å². The van der Waals surface area contributed by atoms with Gasteiger partial charge in [0, 0.05) is 18.9 Å². The van der Waals surface area contributed by atoms with Crippen molar-refractivity contribution in [3.05, 3.63) is 18.1 Å². The van der Waals surface area contributed by atoms with Gasteiger partial charge in [0.1, 0.15) is 22.5 Å². The van der Waals surface area contributed by atoms with Crippen LogP contribution in [0.3, 0.4) is 0 Å². The molecule has 1 atom stereocenters. The summed E-state index contributed by atoms with van der Waals surface area (Å²) in [6, 6.07) is 1.79. The second-order valence-corrected chi connectivity index (χ2v) is 8.82. The van der Waals surface area contributed by atoms with Crippen LogP contribution in [0.4, 0.5) is 5.82 Å². The largest absolute Gasteiger partial charge is 0.359 e. The Hall–Kier alpha value is -0.960. The fourth-order valence-corrected chi connectivity index (χ4v) is 4.93. The van der Waals surface area contributed by atoms with Crippen LogP contribution in [-0.2, 0) is 19.3 Å². The summed E-state index contributed by atoms with van der Waals surface area (Å²) in [4.78, 5) is 10.6. The van der Waals surface area contributed by atoms with Gasteiger partial charge >= 0.3 is 0 Å². The van der Waals surface area contributed by atoms with E-state index in [1.165, 1.54) is 12.6 Å². The van der Waals surface area contributed by atoms with Gasteiger partial charge in [-0.2, -0.15) is 0 Å². The Morgan fingerprint density at radius 1 is 1.39 bits per heavy atom. The highest BCUT2D eigenvalue weighted by molar-refractivity contribution is 7.91. The van der Waals surface area contributed by atoms with Crippen LogP contribution in [0.5, 0.6) is 0 Å². The maximum atomic E-state index is 12.5. The van der Waals surface area contributed by atoms with Crippen molar-refractivity contribution in [2.45, 2.75) is 23.2 Å². The number of rotatable bonds is 3. The van der Waals surface area contributed by atoms with Crippen LogP contribution in [-0.4, -0.2) is 63.0 Å². The molecule has 2 saturated heterocycles. The van der Waals surface area contributed by atoms with E-state index in [1.54, 1.807) is 6.07 Å². The molecule has 2 aliphatic rings. The smallest absolute Gasteiger partial charge is 0.158 e. The Morgan fingerprint density at radius 3 is 2.78 bits per heavy atom. The number of ether oxygens (including phenoxy) is 1. The molecule has 128 valence electrons. The molecule has 0 amide bonds. The number of sulfone groups is 1. The van der Waals surface area contributed by atoms with Crippen LogP contribution in [0.1, 0.15) is 18.5 Å². The Kier molecular flexibility index (Phi) is 4.78. The minimum Gasteiger partial charge on any atom is -0.359 e. The number of hydrogen-bond donors (Lipinski definition) is 1. The number of halogens is 1. The van der Waals surface area contributed by atoms with Crippen molar-refractivity contribution in [1.29, 1.82) is 0 Å². The van der Waals surface area contributed by atoms with Gasteiger partial charge in [0.15, 0.2) is 9.84 Å². The summed E-state index contributed by atoms with van der Waals surface area (Å²) >= 11 is 6.04. The molecule has 1 aromatic heterocycles. The van der Waals surface area contributed by atoms with Gasteiger partial charge in [0.2, 0.25) is 0 Å². The molecule has 0 spiro atoms. The number of nitrogens with zero attached hydrogens (tertiary/aromatic N) is 3. The molecule has 1 unspecified atom stereocenters. The molecule has 0 saturated carbocycles. The van der Waals surface area contributed by atoms with Gasteiger partial charge in [0.25, 0.3) is 0 Å². The van der Waals surface area contributed by atoms with Gasteiger partial charge < -0.3 is 15.0 Å². The third-order valence-corrected chi connectivity index (χ3v) is 6.89. The molecule has 1 N–H and O–H groups in total. The number of piperidine rings is 1. The average Bonchev–Trinajstić information content (AvgIpc) is 2.55. The Bertz CT molecular complexity index is 664. The van der Waals surface area contributed by atoms with Gasteiger partial charge in [-0.1, -0.05) is 11.6 Å². The van der Waals surface area contributed by atoms with Crippen LogP contribution >= 0.6 is 11.6 Å². The lowest BCUT2D eigenvalue weighted by atomic mass is 9.93. The van der Waals surface area contributed by atoms with Crippen molar-refractivity contribution in [3.63, 3.8) is 0 Å². The molecule has 1 aromatic rings. The first-order valence-corrected chi connectivity index (χ1v) is 9.99. The summed E-state index contributed by atoms with van der Waals surface area (Å²) in [5, 5.41) is 3.21. The lowest BCUT2D eigenvalue weighted by Crippen LogP contribution is -2.46. The van der Waals surface area contributed by atoms with Crippen LogP contribution in [0.15, 0.2) is 12.4 Å². The zero-order valence-corrected chi connectivity index (χ0v) is 14.6. The molecule has 2 aliphatic heterocycles. The maximum Gasteiger partial charge on any atom is 0.158 e. The summed E-state index contributed by atoms with van der Waals surface area (Å²) in [7, 11) is -3.30. The fourth-order valence-electron chi connectivity index (χ4n) is 3.23. The van der Waals surface area contributed by atoms with Crippen molar-refractivity contribution in [2.24, 2.45) is 0 Å². The highest BCUT2D eigenvalue weighted by Gasteiger charge is 2.45. The molecule has 2 fully saturated rings. The zero-order valence-electron chi connectivity index (χ0n) is 13.0. The van der Waals surface area contributed by atoms with Crippen molar-refractivity contribution in [1.82, 2.24) is 15.3 Å². The molecular formula is C14H21ClN4O3S. The number of nitrogens with one attached hydrogen (secondary N) is 1. The number of morpholine rings is 1. The summed E-state index contributed by atoms with van der Waals surface area (Å²) in [6.07, 6.45) is 3.77. The molecular weight excluding hydrogens is 340 g/mol. The molecule has 0 aliphatic carbocycles. The summed E-state index contributed by atoms with van der Waals surface area (Å²) in [5.41, 5.74) is 0.189. The number of alkyl halides is 1. The quantitative estimate of drug-likeness (QED) is 0.786. The molecule has 3 rings (SSSR count). The second kappa shape index (κ2) is 6.51. The van der Waals surface area contributed by atoms with Gasteiger partial charge in [-0.25, -0.2) is 18.4 Å². The fraction of sp³-hybridized carbons (Fsp3) is 0.714. The monoisotopic (exact) mass is 360 g/mol. The Morgan fingerprint density at radius 2 is 2.13 bits per heavy atom. The Labute approximate surface area is 141 Å². The van der Waals surface area contributed by atoms with Crippen molar-refractivity contribution >= 4 is 27.3 Å². The molecule has 3 heterocycles. The van der Waals surface area contributed by atoms with Crippen molar-refractivity contribution in [3.8, 4) is 0 Å². The van der Waals surface area contributed by atoms with Gasteiger partial charge in [-0.15, -0.1) is 0 Å². The highest BCUT2D eigenvalue weighted by Crippen LogP contribution is 2.38. The number of anilines is 1. The van der Waals surface area contributed by atoms with Gasteiger partial charge in [0.05, 0.1) is 18.8 Å². The molecule has 0 radical (unpaired) electrons. The zero-order chi connectivity index (χ0) is 16.5. The molecule has 7 nitrogen and oxygen atoms in total. The molecule has 23 heavy (non-hydrogen) atoms. The topological polar surface area (TPSA) is 84.4 Å². The SMILES string of the molecule is CS(=O)(=O)C1(c2cc(N3CCOC(Cl)C3)ncn2)CCNCC1. The first-order chi connectivity index (χ1) is 10.9. The predicted molar refractivity (Wildman–Crippen MR) is 88.5 cm³/mol. The Balaban J connectivity index is 1.97. The van der Waals surface area contributed by atoms with E-state index in [9.17, 15) is 8.42 Å². The highest BCUT2D eigenvalue weighted by atomic mass is 35.5. The summed E-state index contributed by atoms with van der Waals surface area (Å²) in [6.45, 7) is 3.04. The third kappa shape index (κ3) is 3.31. The summed E-state index contributed by atoms with van der Waals surface area (Å²) < 4.78 is 29.4. The van der Waals surface area contributed by atoms with Crippen LogP contribution in [0.2, 0.25) is 0 Å². The number of aromatic nitrogens is 2. The molecule has 0 aromatic carbocycles. The standard InChI is InChI=1S/C14H21ClN4O3S/c1-23(20,21)14(2-4-16-5-3-14)11-8-13(18-10-17-11)19-6-7-22-12(15)9-19/h8,10,12,16H,2-7,9H2,1H3. The van der Waals surface area contributed by atoms with Gasteiger partial charge in [-0.3, -0.25) is 0 Å². The van der Waals surface area contributed by atoms with Crippen LogP contribution < -0.4 is 10.2 Å². The first-order valence-electron chi connectivity index (χ1n) is 7.66. The van der Waals surface area contributed by atoms with E-state index < -0.39 is 14.6 Å². The lowest BCUT2D eigenvalue weighted by molar-refractivity contribution is 0.0931. The normalized spacial score (nSPS) is 25.3. The van der Waals surface area contributed by atoms with E-state index in [0.717, 1.165) is 0 Å².